The molecule has 0 aromatic heterocycles. The highest BCUT2D eigenvalue weighted by Crippen LogP contribution is 2.67. The van der Waals surface area contributed by atoms with Crippen LogP contribution in [-0.4, -0.2) is 0 Å². The maximum Gasteiger partial charge on any atom is 0.190 e. The average Bonchev–Trinajstić information content (AvgIpc) is 2.90. The Morgan fingerprint density at radius 3 is 1.21 bits per heavy atom. The Balaban J connectivity index is 0.000000555. The lowest BCUT2D eigenvalue weighted by atomic mass is 10.1. The molecule has 0 aliphatic carbocycles. The van der Waals surface area contributed by atoms with E-state index in [0.29, 0.717) is 0 Å². The molecule has 0 fully saturated rings. The summed E-state index contributed by atoms with van der Waals surface area (Å²) < 4.78 is 0. The van der Waals surface area contributed by atoms with E-state index in [1.807, 2.05) is 0 Å². The van der Waals surface area contributed by atoms with Crippen molar-refractivity contribution in [1.29, 1.82) is 10.5 Å². The van der Waals surface area contributed by atoms with Crippen LogP contribution in [0.1, 0.15) is 11.2 Å². The molecule has 0 radical (unpaired) electrons. The molecule has 4 aromatic carbocycles. The predicted molar refractivity (Wildman–Crippen MR) is 139 cm³/mol. The van der Waals surface area contributed by atoms with Gasteiger partial charge in [-0.25, -0.2) is 5.32 Å². The minimum atomic E-state index is -2.00. The van der Waals surface area contributed by atoms with Crippen molar-refractivity contribution in [2.75, 3.05) is 0 Å². The Bertz CT molecular complexity index is 1100. The van der Waals surface area contributed by atoms with Crippen LogP contribution >= 0.6 is 7.26 Å². The summed E-state index contributed by atoms with van der Waals surface area (Å²) in [6.07, 6.45) is 4.96. The molecular weight excluding hydrogens is 421 g/mol. The normalized spacial score (nSPS) is 11.0. The van der Waals surface area contributed by atoms with E-state index in [1.165, 1.54) is 33.9 Å². The quantitative estimate of drug-likeness (QED) is 0.186. The zero-order valence-corrected chi connectivity index (χ0v) is 19.1. The molecule has 0 saturated carbocycles. The van der Waals surface area contributed by atoms with Gasteiger partial charge in [-0.05, 0) is 48.0 Å². The molecule has 0 bridgehead atoms. The minimum absolute atomic E-state index is 0.195. The molecular formula is C29H25N3P+. The first-order valence-corrected chi connectivity index (χ1v) is 12.4. The zero-order chi connectivity index (χ0) is 23.4. The second kappa shape index (κ2) is 12.0. The Hall–Kier alpha value is -4.17. The van der Waals surface area contributed by atoms with Gasteiger partial charge >= 0.3 is 0 Å². The summed E-state index contributed by atoms with van der Waals surface area (Å²) >= 11 is 0. The number of nitrogens with one attached hydrogen (secondary N) is 1. The first-order chi connectivity index (χ1) is 16.3. The SMILES string of the molecule is C=CC(c1ccccc1)[P+](c1ccccc1)(c1ccccc1)c1ccccc1.N#CNC#N. The third-order valence-corrected chi connectivity index (χ3v) is 10.1. The van der Waals surface area contributed by atoms with Crippen molar-refractivity contribution in [2.24, 2.45) is 0 Å². The summed E-state index contributed by atoms with van der Waals surface area (Å²) in [7, 11) is -2.00. The fourth-order valence-corrected chi connectivity index (χ4v) is 8.83. The standard InChI is InChI=1S/C27H24P.C2HN3/c1-2-27(23-15-7-3-8-16-23)28(24-17-9-4-10-18-24,25-19-11-5-12-20-25)26-21-13-6-14-22-26;3-1-5-2-4/h2-22,27H,1H2;5H/q+1;. The number of hydrogen-bond donors (Lipinski definition) is 1. The number of hydrogen-bond acceptors (Lipinski definition) is 3. The van der Waals surface area contributed by atoms with Crippen molar-refractivity contribution in [3.63, 3.8) is 0 Å². The van der Waals surface area contributed by atoms with E-state index in [4.69, 9.17) is 10.5 Å². The van der Waals surface area contributed by atoms with Gasteiger partial charge < -0.3 is 0 Å². The maximum absolute atomic E-state index is 7.48. The molecule has 33 heavy (non-hydrogen) atoms. The number of nitriles is 2. The smallest absolute Gasteiger partial charge is 0.190 e. The molecule has 1 unspecified atom stereocenters. The third kappa shape index (κ3) is 5.19. The monoisotopic (exact) mass is 446 g/mol. The summed E-state index contributed by atoms with van der Waals surface area (Å²) in [6, 6.07) is 43.7. The molecule has 0 amide bonds. The second-order valence-electron chi connectivity index (χ2n) is 7.17. The van der Waals surface area contributed by atoms with Crippen molar-refractivity contribution in [2.45, 2.75) is 5.66 Å². The Morgan fingerprint density at radius 1 is 0.606 bits per heavy atom. The Kier molecular flexibility index (Phi) is 8.55. The Morgan fingerprint density at radius 2 is 0.939 bits per heavy atom. The molecule has 0 aliphatic heterocycles. The maximum atomic E-state index is 7.48. The van der Waals surface area contributed by atoms with Crippen molar-refractivity contribution >= 4 is 23.2 Å². The van der Waals surface area contributed by atoms with Gasteiger partial charge in [0, 0.05) is 0 Å². The van der Waals surface area contributed by atoms with Crippen LogP contribution in [-0.2, 0) is 0 Å². The van der Waals surface area contributed by atoms with E-state index in [2.05, 4.69) is 134 Å². The van der Waals surface area contributed by atoms with Gasteiger partial charge in [-0.2, -0.15) is 10.5 Å². The fraction of sp³-hybridized carbons (Fsp3) is 0.0345. The summed E-state index contributed by atoms with van der Waals surface area (Å²) in [4.78, 5) is 0. The lowest BCUT2D eigenvalue weighted by Gasteiger charge is -2.33. The molecule has 0 saturated heterocycles. The van der Waals surface area contributed by atoms with Gasteiger partial charge in [0.05, 0.1) is 0 Å². The van der Waals surface area contributed by atoms with E-state index >= 15 is 0 Å². The molecule has 0 spiro atoms. The van der Waals surface area contributed by atoms with Crippen molar-refractivity contribution in [1.82, 2.24) is 5.32 Å². The number of nitrogens with zero attached hydrogens (tertiary/aromatic N) is 2. The second-order valence-corrected chi connectivity index (χ2v) is 10.7. The molecule has 4 heteroatoms. The van der Waals surface area contributed by atoms with Gasteiger partial charge in [0.25, 0.3) is 0 Å². The largest absolute Gasteiger partial charge is 0.229 e. The van der Waals surface area contributed by atoms with Gasteiger partial charge in [-0.1, -0.05) is 91.5 Å². The molecule has 0 aliphatic rings. The zero-order valence-electron chi connectivity index (χ0n) is 18.3. The topological polar surface area (TPSA) is 59.6 Å². The summed E-state index contributed by atoms with van der Waals surface area (Å²) in [5, 5.41) is 20.8. The van der Waals surface area contributed by atoms with Crippen LogP contribution in [0.25, 0.3) is 0 Å². The van der Waals surface area contributed by atoms with Crippen molar-refractivity contribution < 1.29 is 0 Å². The summed E-state index contributed by atoms with van der Waals surface area (Å²) in [6.45, 7) is 4.31. The minimum Gasteiger partial charge on any atom is -0.229 e. The first kappa shape index (κ1) is 23.5. The number of allylic oxidation sites excluding steroid dienone is 1. The van der Waals surface area contributed by atoms with Crippen molar-refractivity contribution in [3.05, 3.63) is 140 Å². The van der Waals surface area contributed by atoms with Crippen molar-refractivity contribution in [3.8, 4) is 12.4 Å². The van der Waals surface area contributed by atoms with Gasteiger partial charge in [0.15, 0.2) is 12.4 Å². The third-order valence-electron chi connectivity index (χ3n) is 5.38. The van der Waals surface area contributed by atoms with E-state index in [9.17, 15) is 0 Å². The molecule has 160 valence electrons. The number of benzene rings is 4. The van der Waals surface area contributed by atoms with E-state index in [-0.39, 0.29) is 5.66 Å². The van der Waals surface area contributed by atoms with Gasteiger partial charge in [-0.15, -0.1) is 0 Å². The molecule has 0 heterocycles. The predicted octanol–water partition coefficient (Wildman–Crippen LogP) is 5.45. The van der Waals surface area contributed by atoms with E-state index in [1.54, 1.807) is 5.32 Å². The highest BCUT2D eigenvalue weighted by Gasteiger charge is 2.51. The molecule has 1 atom stereocenters. The molecule has 1 N–H and O–H groups in total. The first-order valence-electron chi connectivity index (χ1n) is 10.5. The highest BCUT2D eigenvalue weighted by atomic mass is 31.2. The summed E-state index contributed by atoms with van der Waals surface area (Å²) in [5.41, 5.74) is 1.50. The van der Waals surface area contributed by atoms with Crippen LogP contribution in [0.3, 0.4) is 0 Å². The van der Waals surface area contributed by atoms with Crippen LogP contribution in [0.5, 0.6) is 0 Å². The summed E-state index contributed by atoms with van der Waals surface area (Å²) in [5.74, 6) is 0. The van der Waals surface area contributed by atoms with Gasteiger partial charge in [0.1, 0.15) is 28.8 Å². The average molecular weight is 447 g/mol. The lowest BCUT2D eigenvalue weighted by molar-refractivity contribution is 1.20. The molecule has 3 nitrogen and oxygen atoms in total. The van der Waals surface area contributed by atoms with E-state index in [0.717, 1.165) is 0 Å². The van der Waals surface area contributed by atoms with Crippen LogP contribution in [0.15, 0.2) is 134 Å². The van der Waals surface area contributed by atoms with Crippen LogP contribution in [0.4, 0.5) is 0 Å². The van der Waals surface area contributed by atoms with Crippen LogP contribution in [0, 0.1) is 22.9 Å². The number of rotatable bonds is 6. The van der Waals surface area contributed by atoms with Crippen LogP contribution < -0.4 is 21.2 Å². The molecule has 4 aromatic rings. The fourth-order valence-electron chi connectivity index (χ4n) is 4.11. The molecule has 4 rings (SSSR count). The van der Waals surface area contributed by atoms with E-state index < -0.39 is 7.26 Å². The lowest BCUT2D eigenvalue weighted by Crippen LogP contribution is -2.34. The van der Waals surface area contributed by atoms with Gasteiger partial charge in [-0.3, -0.25) is 0 Å². The Labute approximate surface area is 196 Å². The van der Waals surface area contributed by atoms with Gasteiger partial charge in [0.2, 0.25) is 0 Å². The highest BCUT2D eigenvalue weighted by molar-refractivity contribution is 7.96. The van der Waals surface area contributed by atoms with Crippen LogP contribution in [0.2, 0.25) is 0 Å².